The summed E-state index contributed by atoms with van der Waals surface area (Å²) in [7, 11) is 0. The second kappa shape index (κ2) is 6.47. The van der Waals surface area contributed by atoms with Crippen LogP contribution in [-0.2, 0) is 11.3 Å². The van der Waals surface area contributed by atoms with Gasteiger partial charge in [0.2, 0.25) is 0 Å². The normalized spacial score (nSPS) is 16.7. The summed E-state index contributed by atoms with van der Waals surface area (Å²) in [5.41, 5.74) is 0.660. The maximum atomic E-state index is 12.0. The Kier molecular flexibility index (Phi) is 4.88. The third-order valence-corrected chi connectivity index (χ3v) is 5.22. The van der Waals surface area contributed by atoms with Crippen molar-refractivity contribution in [1.29, 1.82) is 0 Å². The minimum atomic E-state index is -0.860. The molecule has 1 heterocycles. The predicted molar refractivity (Wildman–Crippen MR) is 82.6 cm³/mol. The third-order valence-electron chi connectivity index (χ3n) is 4.07. The van der Waals surface area contributed by atoms with Gasteiger partial charge in [-0.3, -0.25) is 4.79 Å². The fourth-order valence-corrected chi connectivity index (χ4v) is 3.87. The molecule has 1 aliphatic carbocycles. The molecule has 1 saturated carbocycles. The molecular weight excluding hydrogens is 288 g/mol. The number of carbonyl (C=O) groups is 2. The van der Waals surface area contributed by atoms with Crippen LogP contribution < -0.4 is 10.6 Å². The van der Waals surface area contributed by atoms with Gasteiger partial charge in [-0.25, -0.2) is 4.79 Å². The maximum Gasteiger partial charge on any atom is 0.315 e. The molecule has 0 aliphatic heterocycles. The number of carbonyl (C=O) groups excluding carboxylic acids is 1. The highest BCUT2D eigenvalue weighted by Gasteiger charge is 2.37. The fourth-order valence-electron chi connectivity index (χ4n) is 2.88. The van der Waals surface area contributed by atoms with Gasteiger partial charge >= 0.3 is 12.0 Å². The Morgan fingerprint density at radius 3 is 2.52 bits per heavy atom. The average Bonchev–Trinajstić information content (AvgIpc) is 2.94. The second-order valence-corrected chi connectivity index (χ2v) is 7.16. The molecule has 1 aromatic heterocycles. The van der Waals surface area contributed by atoms with Crippen molar-refractivity contribution < 1.29 is 14.7 Å². The lowest BCUT2D eigenvalue weighted by atomic mass is 9.93. The number of carboxylic acid groups (broad SMARTS) is 1. The molecule has 21 heavy (non-hydrogen) atoms. The van der Waals surface area contributed by atoms with Gasteiger partial charge in [-0.2, -0.15) is 0 Å². The van der Waals surface area contributed by atoms with Gasteiger partial charge in [-0.05, 0) is 38.3 Å². The lowest BCUT2D eigenvalue weighted by molar-refractivity contribution is -0.138. The Morgan fingerprint density at radius 1 is 1.33 bits per heavy atom. The summed E-state index contributed by atoms with van der Waals surface area (Å²) < 4.78 is 0. The Bertz CT molecular complexity index is 514. The standard InChI is InChI=1S/C15H22N2O3S/c1-10-7-12(21-11(10)2)9-16-14(20)17-15(8-13(18)19)5-3-4-6-15/h7H,3-6,8-9H2,1-2H3,(H,18,19)(H2,16,17,20). The predicted octanol–water partition coefficient (Wildman–Crippen LogP) is 2.95. The van der Waals surface area contributed by atoms with E-state index in [0.29, 0.717) is 6.54 Å². The fraction of sp³-hybridized carbons (Fsp3) is 0.600. The zero-order valence-corrected chi connectivity index (χ0v) is 13.3. The van der Waals surface area contributed by atoms with Gasteiger partial charge in [0.05, 0.1) is 18.5 Å². The quantitative estimate of drug-likeness (QED) is 0.782. The molecule has 0 radical (unpaired) electrons. The van der Waals surface area contributed by atoms with E-state index in [1.54, 1.807) is 11.3 Å². The molecule has 0 spiro atoms. The van der Waals surface area contributed by atoms with E-state index < -0.39 is 11.5 Å². The van der Waals surface area contributed by atoms with Crippen LogP contribution in [0.1, 0.15) is 47.4 Å². The molecule has 2 rings (SSSR count). The zero-order chi connectivity index (χ0) is 15.5. The highest BCUT2D eigenvalue weighted by Crippen LogP contribution is 2.32. The van der Waals surface area contributed by atoms with E-state index in [1.165, 1.54) is 10.4 Å². The van der Waals surface area contributed by atoms with Crippen molar-refractivity contribution in [2.24, 2.45) is 0 Å². The Morgan fingerprint density at radius 2 is 2.00 bits per heavy atom. The molecule has 0 bridgehead atoms. The minimum absolute atomic E-state index is 0.00234. The molecule has 6 heteroatoms. The lowest BCUT2D eigenvalue weighted by Crippen LogP contribution is -2.51. The van der Waals surface area contributed by atoms with Crippen LogP contribution in [0.3, 0.4) is 0 Å². The van der Waals surface area contributed by atoms with E-state index in [4.69, 9.17) is 5.11 Å². The number of carboxylic acids is 1. The molecule has 0 aromatic carbocycles. The van der Waals surface area contributed by atoms with Crippen LogP contribution in [0.15, 0.2) is 6.07 Å². The van der Waals surface area contributed by atoms with Crippen molar-refractivity contribution in [3.8, 4) is 0 Å². The molecule has 1 aromatic rings. The highest BCUT2D eigenvalue weighted by molar-refractivity contribution is 7.12. The zero-order valence-electron chi connectivity index (χ0n) is 12.5. The number of hydrogen-bond acceptors (Lipinski definition) is 3. The summed E-state index contributed by atoms with van der Waals surface area (Å²) in [5.74, 6) is -0.860. The Balaban J connectivity index is 1.89. The van der Waals surface area contributed by atoms with Gasteiger partial charge in [-0.1, -0.05) is 12.8 Å². The molecule has 0 saturated heterocycles. The summed E-state index contributed by atoms with van der Waals surface area (Å²) in [6.07, 6.45) is 3.42. The van der Waals surface area contributed by atoms with E-state index in [2.05, 4.69) is 30.5 Å². The number of amides is 2. The minimum Gasteiger partial charge on any atom is -0.481 e. The lowest BCUT2D eigenvalue weighted by Gasteiger charge is -2.28. The molecule has 5 nitrogen and oxygen atoms in total. The molecule has 1 aliphatic rings. The SMILES string of the molecule is Cc1cc(CNC(=O)NC2(CC(=O)O)CCCC2)sc1C. The molecule has 2 amide bonds. The van der Waals surface area contributed by atoms with Crippen LogP contribution in [-0.4, -0.2) is 22.6 Å². The summed E-state index contributed by atoms with van der Waals surface area (Å²) in [4.78, 5) is 25.4. The van der Waals surface area contributed by atoms with Gasteiger partial charge in [0, 0.05) is 9.75 Å². The topological polar surface area (TPSA) is 78.4 Å². The summed E-state index contributed by atoms with van der Waals surface area (Å²) in [6, 6.07) is 1.80. The van der Waals surface area contributed by atoms with Crippen LogP contribution in [0.4, 0.5) is 4.79 Å². The van der Waals surface area contributed by atoms with Crippen molar-refractivity contribution in [2.45, 2.75) is 58.0 Å². The number of rotatable bonds is 5. The number of aliphatic carboxylic acids is 1. The maximum absolute atomic E-state index is 12.0. The smallest absolute Gasteiger partial charge is 0.315 e. The Hall–Kier alpha value is -1.56. The molecule has 0 atom stereocenters. The Labute approximate surface area is 128 Å². The third kappa shape index (κ3) is 4.20. The van der Waals surface area contributed by atoms with Crippen molar-refractivity contribution in [3.05, 3.63) is 21.4 Å². The first-order valence-electron chi connectivity index (χ1n) is 7.24. The van der Waals surface area contributed by atoms with Crippen molar-refractivity contribution in [2.75, 3.05) is 0 Å². The van der Waals surface area contributed by atoms with Gasteiger partial charge in [-0.15, -0.1) is 11.3 Å². The second-order valence-electron chi connectivity index (χ2n) is 5.82. The van der Waals surface area contributed by atoms with Crippen molar-refractivity contribution in [3.63, 3.8) is 0 Å². The first kappa shape index (κ1) is 15.8. The molecule has 1 fully saturated rings. The van der Waals surface area contributed by atoms with Gasteiger partial charge in [0.1, 0.15) is 0 Å². The van der Waals surface area contributed by atoms with Gasteiger partial charge in [0.25, 0.3) is 0 Å². The van der Waals surface area contributed by atoms with Crippen LogP contribution in [0.5, 0.6) is 0 Å². The number of hydrogen-bond donors (Lipinski definition) is 3. The van der Waals surface area contributed by atoms with Crippen LogP contribution in [0, 0.1) is 13.8 Å². The number of aryl methyl sites for hydroxylation is 2. The monoisotopic (exact) mass is 310 g/mol. The van der Waals surface area contributed by atoms with E-state index in [9.17, 15) is 9.59 Å². The molecule has 0 unspecified atom stereocenters. The van der Waals surface area contributed by atoms with Crippen LogP contribution in [0.25, 0.3) is 0 Å². The largest absolute Gasteiger partial charge is 0.481 e. The highest BCUT2D eigenvalue weighted by atomic mass is 32.1. The van der Waals surface area contributed by atoms with Crippen molar-refractivity contribution in [1.82, 2.24) is 10.6 Å². The van der Waals surface area contributed by atoms with E-state index in [1.807, 2.05) is 0 Å². The average molecular weight is 310 g/mol. The van der Waals surface area contributed by atoms with E-state index >= 15 is 0 Å². The molecular formula is C15H22N2O3S. The van der Waals surface area contributed by atoms with Gasteiger partial charge < -0.3 is 15.7 Å². The number of urea groups is 1. The van der Waals surface area contributed by atoms with Crippen LogP contribution in [0.2, 0.25) is 0 Å². The van der Waals surface area contributed by atoms with Crippen molar-refractivity contribution >= 4 is 23.3 Å². The number of thiophene rings is 1. The summed E-state index contributed by atoms with van der Waals surface area (Å²) in [6.45, 7) is 4.59. The number of nitrogens with one attached hydrogen (secondary N) is 2. The van der Waals surface area contributed by atoms with E-state index in [-0.39, 0.29) is 12.5 Å². The van der Waals surface area contributed by atoms with E-state index in [0.717, 1.165) is 30.6 Å². The molecule has 116 valence electrons. The van der Waals surface area contributed by atoms with Gasteiger partial charge in [0.15, 0.2) is 0 Å². The summed E-state index contributed by atoms with van der Waals surface area (Å²) >= 11 is 1.67. The summed E-state index contributed by atoms with van der Waals surface area (Å²) in [5, 5.41) is 14.7. The first-order chi connectivity index (χ1) is 9.90. The first-order valence-corrected chi connectivity index (χ1v) is 8.06. The van der Waals surface area contributed by atoms with Crippen LogP contribution >= 0.6 is 11.3 Å². The molecule has 3 N–H and O–H groups in total.